The number of aliphatic imine (C=N–C) groups is 1. The summed E-state index contributed by atoms with van der Waals surface area (Å²) in [6.07, 6.45) is 3.81. The van der Waals surface area contributed by atoms with Crippen LogP contribution in [0.1, 0.15) is 44.1 Å². The largest absolute Gasteiger partial charge is 0.378 e. The average molecular weight is 379 g/mol. The molecule has 1 atom stereocenters. The molecule has 26 heavy (non-hydrogen) atoms. The number of thiophene rings is 1. The number of nitrogens with one attached hydrogen (secondary N) is 1. The molecule has 2 aliphatic heterocycles. The Hall–Kier alpha value is -1.11. The second-order valence-electron chi connectivity index (χ2n) is 7.27. The molecule has 0 saturated carbocycles. The van der Waals surface area contributed by atoms with Crippen LogP contribution >= 0.6 is 11.3 Å². The van der Waals surface area contributed by atoms with E-state index in [1.54, 1.807) is 4.88 Å². The lowest BCUT2D eigenvalue weighted by molar-refractivity contribution is 0.0263. The predicted molar refractivity (Wildman–Crippen MR) is 110 cm³/mol. The fourth-order valence-electron chi connectivity index (χ4n) is 3.88. The second-order valence-corrected chi connectivity index (χ2v) is 8.28. The van der Waals surface area contributed by atoms with Gasteiger partial charge in [0.25, 0.3) is 0 Å². The highest BCUT2D eigenvalue weighted by atomic mass is 32.1. The van der Waals surface area contributed by atoms with E-state index in [1.807, 2.05) is 11.3 Å². The van der Waals surface area contributed by atoms with Gasteiger partial charge in [0.2, 0.25) is 0 Å². The molecule has 0 amide bonds. The minimum absolute atomic E-state index is 0.422. The summed E-state index contributed by atoms with van der Waals surface area (Å²) in [5.74, 6) is 1.07. The zero-order chi connectivity index (χ0) is 18.4. The van der Waals surface area contributed by atoms with Gasteiger partial charge in [-0.25, -0.2) is 0 Å². The molecule has 2 aliphatic rings. The molecule has 1 aromatic heterocycles. The topological polar surface area (TPSA) is 40.1 Å². The summed E-state index contributed by atoms with van der Waals surface area (Å²) in [4.78, 5) is 11.5. The molecule has 0 aliphatic carbocycles. The van der Waals surface area contributed by atoms with Gasteiger partial charge in [0.1, 0.15) is 0 Å². The Balaban J connectivity index is 1.54. The summed E-state index contributed by atoms with van der Waals surface area (Å²) in [7, 11) is 0. The van der Waals surface area contributed by atoms with Crippen molar-refractivity contribution >= 4 is 17.3 Å². The van der Waals surface area contributed by atoms with Crippen LogP contribution in [0.4, 0.5) is 0 Å². The number of hydrogen-bond donors (Lipinski definition) is 1. The van der Waals surface area contributed by atoms with E-state index in [0.717, 1.165) is 64.7 Å². The van der Waals surface area contributed by atoms with Crippen molar-refractivity contribution in [2.75, 3.05) is 39.3 Å². The van der Waals surface area contributed by atoms with Gasteiger partial charge in [0.15, 0.2) is 5.96 Å². The summed E-state index contributed by atoms with van der Waals surface area (Å²) in [6.45, 7) is 13.4. The molecular weight excluding hydrogens is 344 g/mol. The van der Waals surface area contributed by atoms with Crippen molar-refractivity contribution in [3.8, 4) is 0 Å². The van der Waals surface area contributed by atoms with Crippen LogP contribution in [0.2, 0.25) is 0 Å². The van der Waals surface area contributed by atoms with E-state index in [2.05, 4.69) is 47.3 Å². The normalized spacial score (nSPS) is 20.9. The first kappa shape index (κ1) is 19.6. The van der Waals surface area contributed by atoms with Gasteiger partial charge in [0.05, 0.1) is 12.6 Å². The lowest BCUT2D eigenvalue weighted by atomic mass is 10.1. The summed E-state index contributed by atoms with van der Waals surface area (Å²) in [5, 5.41) is 5.72. The molecule has 3 heterocycles. The number of likely N-dealkylation sites (tertiary alicyclic amines) is 1. The Bertz CT molecular complexity index is 580. The summed E-state index contributed by atoms with van der Waals surface area (Å²) < 4.78 is 5.78. The van der Waals surface area contributed by atoms with E-state index in [9.17, 15) is 0 Å². The maximum absolute atomic E-state index is 5.78. The number of hydrogen-bond acceptors (Lipinski definition) is 4. The fourth-order valence-corrected chi connectivity index (χ4v) is 4.77. The van der Waals surface area contributed by atoms with Gasteiger partial charge >= 0.3 is 0 Å². The Morgan fingerprint density at radius 1 is 1.35 bits per heavy atom. The number of nitrogens with zero attached hydrogens (tertiary/aromatic N) is 3. The lowest BCUT2D eigenvalue weighted by Gasteiger charge is -2.35. The van der Waals surface area contributed by atoms with Crippen molar-refractivity contribution in [3.05, 3.63) is 21.9 Å². The number of ether oxygens (including phenoxy) is 1. The molecule has 0 spiro atoms. The molecule has 6 heteroatoms. The van der Waals surface area contributed by atoms with E-state index in [4.69, 9.17) is 9.73 Å². The Morgan fingerprint density at radius 2 is 2.15 bits per heavy atom. The second kappa shape index (κ2) is 9.72. The molecule has 1 saturated heterocycles. The van der Waals surface area contributed by atoms with Crippen LogP contribution in [0, 0.1) is 0 Å². The third kappa shape index (κ3) is 4.99. The van der Waals surface area contributed by atoms with Gasteiger partial charge in [-0.15, -0.1) is 11.3 Å². The smallest absolute Gasteiger partial charge is 0.193 e. The van der Waals surface area contributed by atoms with Crippen molar-refractivity contribution in [1.82, 2.24) is 15.1 Å². The molecule has 0 aromatic carbocycles. The molecule has 1 fully saturated rings. The monoisotopic (exact) mass is 378 g/mol. The third-order valence-corrected chi connectivity index (χ3v) is 6.47. The first-order chi connectivity index (χ1) is 12.7. The van der Waals surface area contributed by atoms with Crippen molar-refractivity contribution in [2.45, 2.75) is 58.7 Å². The molecule has 1 N–H and O–H groups in total. The van der Waals surface area contributed by atoms with Crippen LogP contribution in [0.15, 0.2) is 16.4 Å². The molecule has 1 aromatic rings. The SMILES string of the molecule is CCNC(=NCC(C)N1CCc2sccc2C1)N1CCC(OCC)CC1. The quantitative estimate of drug-likeness (QED) is 0.610. The fraction of sp³-hybridized carbons (Fsp3) is 0.750. The number of piperidine rings is 1. The minimum Gasteiger partial charge on any atom is -0.378 e. The zero-order valence-electron chi connectivity index (χ0n) is 16.5. The third-order valence-electron chi connectivity index (χ3n) is 5.44. The van der Waals surface area contributed by atoms with E-state index in [-0.39, 0.29) is 0 Å². The molecule has 3 rings (SSSR count). The predicted octanol–water partition coefficient (Wildman–Crippen LogP) is 2.96. The molecule has 0 bridgehead atoms. The Labute approximate surface area is 162 Å². The molecular formula is C20H34N4OS. The molecule has 0 radical (unpaired) electrons. The highest BCUT2D eigenvalue weighted by molar-refractivity contribution is 7.10. The summed E-state index contributed by atoms with van der Waals surface area (Å²) in [5.41, 5.74) is 1.52. The van der Waals surface area contributed by atoms with Gasteiger partial charge < -0.3 is 15.0 Å². The maximum Gasteiger partial charge on any atom is 0.193 e. The maximum atomic E-state index is 5.78. The van der Waals surface area contributed by atoms with Crippen LogP contribution in [0.5, 0.6) is 0 Å². The number of rotatable bonds is 6. The van der Waals surface area contributed by atoms with E-state index in [0.29, 0.717) is 12.1 Å². The van der Waals surface area contributed by atoms with E-state index in [1.165, 1.54) is 12.0 Å². The zero-order valence-corrected chi connectivity index (χ0v) is 17.4. The van der Waals surface area contributed by atoms with Crippen molar-refractivity contribution < 1.29 is 4.74 Å². The first-order valence-corrected chi connectivity index (χ1v) is 11.0. The van der Waals surface area contributed by atoms with Crippen molar-refractivity contribution in [3.63, 3.8) is 0 Å². The van der Waals surface area contributed by atoms with Crippen molar-refractivity contribution in [2.24, 2.45) is 4.99 Å². The molecule has 5 nitrogen and oxygen atoms in total. The van der Waals surface area contributed by atoms with Crippen molar-refractivity contribution in [1.29, 1.82) is 0 Å². The van der Waals surface area contributed by atoms with Gasteiger partial charge in [-0.05, 0) is 57.0 Å². The van der Waals surface area contributed by atoms with E-state index < -0.39 is 0 Å². The van der Waals surface area contributed by atoms with Crippen LogP contribution in [-0.2, 0) is 17.7 Å². The van der Waals surface area contributed by atoms with Crippen LogP contribution in [0.3, 0.4) is 0 Å². The highest BCUT2D eigenvalue weighted by Gasteiger charge is 2.23. The first-order valence-electron chi connectivity index (χ1n) is 10.1. The lowest BCUT2D eigenvalue weighted by Crippen LogP contribution is -2.47. The van der Waals surface area contributed by atoms with Gasteiger partial charge in [-0.3, -0.25) is 9.89 Å². The average Bonchev–Trinajstić information content (AvgIpc) is 3.13. The molecule has 1 unspecified atom stereocenters. The summed E-state index contributed by atoms with van der Waals surface area (Å²) >= 11 is 1.91. The van der Waals surface area contributed by atoms with Crippen LogP contribution < -0.4 is 5.32 Å². The Morgan fingerprint density at radius 3 is 2.88 bits per heavy atom. The summed E-state index contributed by atoms with van der Waals surface area (Å²) in [6, 6.07) is 2.76. The van der Waals surface area contributed by atoms with E-state index >= 15 is 0 Å². The highest BCUT2D eigenvalue weighted by Crippen LogP contribution is 2.25. The van der Waals surface area contributed by atoms with Crippen LogP contribution in [0.25, 0.3) is 0 Å². The minimum atomic E-state index is 0.422. The van der Waals surface area contributed by atoms with Crippen LogP contribution in [-0.4, -0.2) is 67.2 Å². The number of fused-ring (bicyclic) bond motifs is 1. The van der Waals surface area contributed by atoms with Gasteiger partial charge in [0, 0.05) is 50.2 Å². The van der Waals surface area contributed by atoms with Gasteiger partial charge in [-0.1, -0.05) is 0 Å². The standard InChI is InChI=1S/C20H34N4OS/c1-4-21-20(23-10-6-18(7-11-23)25-5-2)22-14-16(3)24-12-8-19-17(15-24)9-13-26-19/h9,13,16,18H,4-8,10-12,14-15H2,1-3H3,(H,21,22). The molecule has 146 valence electrons. The van der Waals surface area contributed by atoms with Gasteiger partial charge in [-0.2, -0.15) is 0 Å². The Kier molecular flexibility index (Phi) is 7.34. The number of guanidine groups is 1.